The van der Waals surface area contributed by atoms with Crippen LogP contribution in [-0.2, 0) is 23.0 Å². The minimum atomic E-state index is -3.40. The summed E-state index contributed by atoms with van der Waals surface area (Å²) in [6.07, 6.45) is 0.689. The van der Waals surface area contributed by atoms with Crippen molar-refractivity contribution in [2.24, 2.45) is 4.99 Å². The van der Waals surface area contributed by atoms with Crippen molar-refractivity contribution in [2.45, 2.75) is 37.9 Å². The maximum atomic E-state index is 13.4. The molecule has 0 unspecified atom stereocenters. The highest BCUT2D eigenvalue weighted by atomic mass is 127. The van der Waals surface area contributed by atoms with Gasteiger partial charge in [-0.15, -0.1) is 35.3 Å². The van der Waals surface area contributed by atoms with Crippen LogP contribution in [0, 0.1) is 12.7 Å². The van der Waals surface area contributed by atoms with Crippen molar-refractivity contribution in [3.05, 3.63) is 52.2 Å². The van der Waals surface area contributed by atoms with Gasteiger partial charge in [0.25, 0.3) is 10.0 Å². The molecule has 1 aromatic heterocycles. The van der Waals surface area contributed by atoms with Gasteiger partial charge < -0.3 is 10.6 Å². The van der Waals surface area contributed by atoms with Gasteiger partial charge in [-0.05, 0) is 42.7 Å². The summed E-state index contributed by atoms with van der Waals surface area (Å²) in [4.78, 5) is 5.18. The Morgan fingerprint density at radius 1 is 1.17 bits per heavy atom. The number of nitrogens with one attached hydrogen (secondary N) is 2. The van der Waals surface area contributed by atoms with Crippen molar-refractivity contribution in [1.29, 1.82) is 0 Å². The molecule has 6 nitrogen and oxygen atoms in total. The molecule has 0 atom stereocenters. The van der Waals surface area contributed by atoms with Crippen LogP contribution in [0.2, 0.25) is 0 Å². The standard InChI is InChI=1S/C20H29FN4O2S2.HI/c1-5-25(6-2)29(26,27)19-10-8-17(28-19)11-12-23-20(22-4)24-14-16-7-9-18(21)15(3)13-16;/h7-10,13H,5-6,11-12,14H2,1-4H3,(H2,22,23,24);1H. The topological polar surface area (TPSA) is 73.8 Å². The molecular weight excluding hydrogens is 538 g/mol. The lowest BCUT2D eigenvalue weighted by atomic mass is 10.1. The number of halogens is 2. The van der Waals surface area contributed by atoms with Crippen LogP contribution < -0.4 is 10.6 Å². The van der Waals surface area contributed by atoms with Gasteiger partial charge in [0.2, 0.25) is 0 Å². The summed E-state index contributed by atoms with van der Waals surface area (Å²) >= 11 is 1.31. The van der Waals surface area contributed by atoms with Gasteiger partial charge >= 0.3 is 0 Å². The van der Waals surface area contributed by atoms with E-state index in [1.807, 2.05) is 19.9 Å². The van der Waals surface area contributed by atoms with E-state index in [1.54, 1.807) is 32.2 Å². The van der Waals surface area contributed by atoms with Crippen LogP contribution in [-0.4, -0.2) is 45.4 Å². The molecule has 1 aromatic carbocycles. The highest BCUT2D eigenvalue weighted by Gasteiger charge is 2.23. The zero-order valence-corrected chi connectivity index (χ0v) is 21.7. The molecule has 0 fully saturated rings. The van der Waals surface area contributed by atoms with Gasteiger partial charge in [-0.25, -0.2) is 12.8 Å². The number of aryl methyl sites for hydroxylation is 1. The van der Waals surface area contributed by atoms with E-state index in [1.165, 1.54) is 21.7 Å². The molecule has 0 spiro atoms. The molecule has 0 bridgehead atoms. The smallest absolute Gasteiger partial charge is 0.252 e. The van der Waals surface area contributed by atoms with Gasteiger partial charge in [0.1, 0.15) is 10.0 Å². The predicted octanol–water partition coefficient (Wildman–Crippen LogP) is 3.75. The Bertz CT molecular complexity index is 944. The van der Waals surface area contributed by atoms with Crippen molar-refractivity contribution in [2.75, 3.05) is 26.7 Å². The van der Waals surface area contributed by atoms with Gasteiger partial charge in [0.05, 0.1) is 0 Å². The monoisotopic (exact) mass is 568 g/mol. The summed E-state index contributed by atoms with van der Waals surface area (Å²) in [5.74, 6) is 0.425. The van der Waals surface area contributed by atoms with Crippen molar-refractivity contribution < 1.29 is 12.8 Å². The predicted molar refractivity (Wildman–Crippen MR) is 133 cm³/mol. The van der Waals surface area contributed by atoms with E-state index in [9.17, 15) is 12.8 Å². The highest BCUT2D eigenvalue weighted by molar-refractivity contribution is 14.0. The Morgan fingerprint density at radius 3 is 2.47 bits per heavy atom. The summed E-state index contributed by atoms with van der Waals surface area (Å²) < 4.78 is 40.3. The number of sulfonamides is 1. The Kier molecular flexibility index (Phi) is 11.2. The van der Waals surface area contributed by atoms with Crippen LogP contribution in [0.3, 0.4) is 0 Å². The van der Waals surface area contributed by atoms with E-state index >= 15 is 0 Å². The van der Waals surface area contributed by atoms with Crippen LogP contribution >= 0.6 is 35.3 Å². The normalized spacial score (nSPS) is 12.0. The zero-order chi connectivity index (χ0) is 21.4. The Labute approximate surface area is 200 Å². The summed E-state index contributed by atoms with van der Waals surface area (Å²) in [5.41, 5.74) is 1.58. The maximum Gasteiger partial charge on any atom is 0.252 e. The van der Waals surface area contributed by atoms with Gasteiger partial charge in [-0.3, -0.25) is 4.99 Å². The molecule has 2 aromatic rings. The zero-order valence-electron chi connectivity index (χ0n) is 17.7. The SMILES string of the molecule is CCN(CC)S(=O)(=O)c1ccc(CCNC(=NC)NCc2ccc(F)c(C)c2)s1.I. The molecule has 168 valence electrons. The fourth-order valence-electron chi connectivity index (χ4n) is 2.85. The van der Waals surface area contributed by atoms with Crippen LogP contribution in [0.1, 0.15) is 29.9 Å². The summed E-state index contributed by atoms with van der Waals surface area (Å²) in [7, 11) is -1.72. The number of aliphatic imine (C=N–C) groups is 1. The third-order valence-corrected chi connectivity index (χ3v) is 8.17. The van der Waals surface area contributed by atoms with Gasteiger partial charge in [0, 0.05) is 38.1 Å². The maximum absolute atomic E-state index is 13.4. The van der Waals surface area contributed by atoms with Crippen molar-refractivity contribution in [1.82, 2.24) is 14.9 Å². The molecule has 0 radical (unpaired) electrons. The number of guanidine groups is 1. The van der Waals surface area contributed by atoms with Crippen molar-refractivity contribution in [3.63, 3.8) is 0 Å². The first kappa shape index (κ1) is 26.8. The van der Waals surface area contributed by atoms with Crippen LogP contribution in [0.25, 0.3) is 0 Å². The van der Waals surface area contributed by atoms with E-state index in [-0.39, 0.29) is 29.8 Å². The molecule has 10 heteroatoms. The number of hydrogen-bond acceptors (Lipinski definition) is 4. The molecular formula is C20H30FIN4O2S2. The Balaban J connectivity index is 0.00000450. The molecule has 1 heterocycles. The van der Waals surface area contributed by atoms with E-state index in [0.717, 1.165) is 10.4 Å². The van der Waals surface area contributed by atoms with Crippen molar-refractivity contribution in [3.8, 4) is 0 Å². The second-order valence-corrected chi connectivity index (χ2v) is 9.83. The molecule has 0 amide bonds. The van der Waals surface area contributed by atoms with E-state index in [4.69, 9.17) is 0 Å². The third-order valence-electron chi connectivity index (χ3n) is 4.51. The minimum Gasteiger partial charge on any atom is -0.356 e. The van der Waals surface area contributed by atoms with Crippen molar-refractivity contribution >= 4 is 51.3 Å². The minimum absolute atomic E-state index is 0. The largest absolute Gasteiger partial charge is 0.356 e. The van der Waals surface area contributed by atoms with Gasteiger partial charge in [-0.1, -0.05) is 26.0 Å². The molecule has 2 rings (SSSR count). The van der Waals surface area contributed by atoms with E-state index < -0.39 is 10.0 Å². The first-order chi connectivity index (χ1) is 13.8. The second kappa shape index (κ2) is 12.6. The molecule has 0 saturated heterocycles. The molecule has 0 aliphatic rings. The average molecular weight is 569 g/mol. The lowest BCUT2D eigenvalue weighted by Crippen LogP contribution is -2.37. The molecule has 30 heavy (non-hydrogen) atoms. The number of nitrogens with zero attached hydrogens (tertiary/aromatic N) is 2. The van der Waals surface area contributed by atoms with E-state index in [0.29, 0.717) is 48.3 Å². The molecule has 0 saturated carbocycles. The van der Waals surface area contributed by atoms with Gasteiger partial charge in [0.15, 0.2) is 5.96 Å². The van der Waals surface area contributed by atoms with E-state index in [2.05, 4.69) is 15.6 Å². The van der Waals surface area contributed by atoms with Gasteiger partial charge in [-0.2, -0.15) is 4.31 Å². The summed E-state index contributed by atoms with van der Waals surface area (Å²) in [6.45, 7) is 7.49. The molecule has 0 aliphatic carbocycles. The quantitative estimate of drug-likeness (QED) is 0.275. The van der Waals surface area contributed by atoms with Crippen LogP contribution in [0.15, 0.2) is 39.5 Å². The number of thiophene rings is 1. The van der Waals surface area contributed by atoms with Crippen LogP contribution in [0.4, 0.5) is 4.39 Å². The summed E-state index contributed by atoms with van der Waals surface area (Å²) in [5, 5.41) is 6.41. The highest BCUT2D eigenvalue weighted by Crippen LogP contribution is 2.25. The number of benzene rings is 1. The Hall–Kier alpha value is -1.24. The lowest BCUT2D eigenvalue weighted by molar-refractivity contribution is 0.447. The third kappa shape index (κ3) is 7.17. The number of hydrogen-bond donors (Lipinski definition) is 2. The molecule has 2 N–H and O–H groups in total. The summed E-state index contributed by atoms with van der Waals surface area (Å²) in [6, 6.07) is 8.55. The average Bonchev–Trinajstić information content (AvgIpc) is 3.17. The fourth-order valence-corrected chi connectivity index (χ4v) is 5.82. The number of rotatable bonds is 9. The Morgan fingerprint density at radius 2 is 1.87 bits per heavy atom. The lowest BCUT2D eigenvalue weighted by Gasteiger charge is -2.16. The van der Waals surface area contributed by atoms with Crippen LogP contribution in [0.5, 0.6) is 0 Å². The molecule has 0 aliphatic heterocycles. The first-order valence-corrected chi connectivity index (χ1v) is 11.9. The second-order valence-electron chi connectivity index (χ2n) is 6.50. The fraction of sp³-hybridized carbons (Fsp3) is 0.450. The first-order valence-electron chi connectivity index (χ1n) is 9.60.